The fourth-order valence-electron chi connectivity index (χ4n) is 2.50. The number of para-hydroxylation sites is 1. The molecule has 0 amide bonds. The van der Waals surface area contributed by atoms with E-state index in [1.165, 1.54) is 0 Å². The molecule has 118 valence electrons. The predicted molar refractivity (Wildman–Crippen MR) is 93.2 cm³/mol. The summed E-state index contributed by atoms with van der Waals surface area (Å²) in [5.74, 6) is 0.865. The van der Waals surface area contributed by atoms with E-state index >= 15 is 0 Å². The van der Waals surface area contributed by atoms with Crippen LogP contribution in [-0.4, -0.2) is 27.2 Å². The van der Waals surface area contributed by atoms with Gasteiger partial charge in [0, 0.05) is 11.8 Å². The van der Waals surface area contributed by atoms with E-state index in [9.17, 15) is 5.11 Å². The molecular weight excluding hydrogens is 288 g/mol. The van der Waals surface area contributed by atoms with Gasteiger partial charge in [-0.25, -0.2) is 4.98 Å². The van der Waals surface area contributed by atoms with E-state index in [0.717, 1.165) is 16.5 Å². The van der Waals surface area contributed by atoms with Crippen LogP contribution in [0.5, 0.6) is 0 Å². The van der Waals surface area contributed by atoms with Gasteiger partial charge in [0.2, 0.25) is 5.95 Å². The summed E-state index contributed by atoms with van der Waals surface area (Å²) in [7, 11) is 0. The van der Waals surface area contributed by atoms with Gasteiger partial charge >= 0.3 is 0 Å². The van der Waals surface area contributed by atoms with E-state index in [2.05, 4.69) is 15.3 Å². The van der Waals surface area contributed by atoms with Crippen LogP contribution in [0.1, 0.15) is 12.5 Å². The summed E-state index contributed by atoms with van der Waals surface area (Å²) in [4.78, 5) is 8.73. The van der Waals surface area contributed by atoms with Gasteiger partial charge in [-0.2, -0.15) is 4.98 Å². The Balaban J connectivity index is 1.73. The molecule has 2 unspecified atom stereocenters. The summed E-state index contributed by atoms with van der Waals surface area (Å²) in [5, 5.41) is 14.3. The smallest absolute Gasteiger partial charge is 0.225 e. The molecule has 0 aliphatic heterocycles. The quantitative estimate of drug-likeness (QED) is 0.675. The molecule has 0 aliphatic rings. The van der Waals surface area contributed by atoms with E-state index in [0.29, 0.717) is 18.2 Å². The first-order chi connectivity index (χ1) is 11.1. The van der Waals surface area contributed by atoms with Crippen LogP contribution in [0.2, 0.25) is 0 Å². The van der Waals surface area contributed by atoms with Crippen molar-refractivity contribution in [2.45, 2.75) is 25.5 Å². The first kappa shape index (κ1) is 15.2. The largest absolute Gasteiger partial charge is 0.391 e. The van der Waals surface area contributed by atoms with Gasteiger partial charge in [0.1, 0.15) is 5.82 Å². The first-order valence-electron chi connectivity index (χ1n) is 7.64. The van der Waals surface area contributed by atoms with Crippen LogP contribution in [0.4, 0.5) is 11.8 Å². The number of nitrogen functional groups attached to an aromatic ring is 1. The van der Waals surface area contributed by atoms with Gasteiger partial charge in [0.15, 0.2) is 0 Å². The third kappa shape index (κ3) is 3.57. The molecule has 3 aromatic rings. The Morgan fingerprint density at radius 1 is 1.04 bits per heavy atom. The maximum Gasteiger partial charge on any atom is 0.225 e. The summed E-state index contributed by atoms with van der Waals surface area (Å²) in [5.41, 5.74) is 7.85. The predicted octanol–water partition coefficient (Wildman–Crippen LogP) is 2.62. The molecule has 0 spiro atoms. The van der Waals surface area contributed by atoms with Gasteiger partial charge in [-0.05, 0) is 24.6 Å². The second kappa shape index (κ2) is 6.62. The Labute approximate surface area is 135 Å². The highest BCUT2D eigenvalue weighted by Gasteiger charge is 2.16. The van der Waals surface area contributed by atoms with E-state index < -0.39 is 6.10 Å². The number of fused-ring (bicyclic) bond motifs is 1. The molecular formula is C18H20N4O. The highest BCUT2D eigenvalue weighted by molar-refractivity contribution is 5.88. The average molecular weight is 308 g/mol. The number of nitrogens with one attached hydrogen (secondary N) is 1. The van der Waals surface area contributed by atoms with Gasteiger partial charge in [-0.3, -0.25) is 0 Å². The van der Waals surface area contributed by atoms with Crippen LogP contribution in [0, 0.1) is 0 Å². The second-order valence-electron chi connectivity index (χ2n) is 5.64. The zero-order valence-electron chi connectivity index (χ0n) is 13.0. The molecule has 23 heavy (non-hydrogen) atoms. The standard InChI is InChI=1S/C18H20N4O/c1-12(16(23)11-13-7-3-2-4-8-13)20-18-21-15-10-6-5-9-14(15)17(19)22-18/h2-10,12,16,23H,11H2,1H3,(H3,19,20,21,22). The molecule has 1 aromatic heterocycles. The fourth-order valence-corrected chi connectivity index (χ4v) is 2.50. The number of aliphatic hydroxyl groups is 1. The first-order valence-corrected chi connectivity index (χ1v) is 7.64. The van der Waals surface area contributed by atoms with Crippen LogP contribution in [-0.2, 0) is 6.42 Å². The average Bonchev–Trinajstić information content (AvgIpc) is 2.56. The molecule has 0 saturated carbocycles. The highest BCUT2D eigenvalue weighted by Crippen LogP contribution is 2.19. The normalized spacial score (nSPS) is 13.7. The zero-order chi connectivity index (χ0) is 16.2. The lowest BCUT2D eigenvalue weighted by atomic mass is 10.0. The molecule has 1 heterocycles. The Morgan fingerprint density at radius 3 is 2.52 bits per heavy atom. The summed E-state index contributed by atoms with van der Waals surface area (Å²) < 4.78 is 0. The third-order valence-corrected chi connectivity index (χ3v) is 3.85. The molecule has 2 aromatic carbocycles. The van der Waals surface area contributed by atoms with Crippen LogP contribution in [0.3, 0.4) is 0 Å². The van der Waals surface area contributed by atoms with Gasteiger partial charge in [-0.15, -0.1) is 0 Å². The van der Waals surface area contributed by atoms with Crippen LogP contribution in [0.25, 0.3) is 10.9 Å². The minimum atomic E-state index is -0.548. The van der Waals surface area contributed by atoms with Gasteiger partial charge in [-0.1, -0.05) is 42.5 Å². The van der Waals surface area contributed by atoms with Crippen molar-refractivity contribution in [2.75, 3.05) is 11.1 Å². The Bertz CT molecular complexity index is 791. The molecule has 5 heteroatoms. The van der Waals surface area contributed by atoms with Gasteiger partial charge < -0.3 is 16.2 Å². The second-order valence-corrected chi connectivity index (χ2v) is 5.64. The number of benzene rings is 2. The lowest BCUT2D eigenvalue weighted by molar-refractivity contribution is 0.158. The number of rotatable bonds is 5. The minimum absolute atomic E-state index is 0.198. The Morgan fingerprint density at radius 2 is 1.74 bits per heavy atom. The summed E-state index contributed by atoms with van der Waals surface area (Å²) in [6.07, 6.45) is 0.0200. The van der Waals surface area contributed by atoms with E-state index in [1.54, 1.807) is 0 Å². The fraction of sp³-hybridized carbons (Fsp3) is 0.222. The minimum Gasteiger partial charge on any atom is -0.391 e. The molecule has 0 bridgehead atoms. The van der Waals surface area contributed by atoms with E-state index in [-0.39, 0.29) is 6.04 Å². The molecule has 4 N–H and O–H groups in total. The van der Waals surface area contributed by atoms with Crippen molar-refractivity contribution in [3.63, 3.8) is 0 Å². The SMILES string of the molecule is CC(Nc1nc(N)c2ccccc2n1)C(O)Cc1ccccc1. The van der Waals surface area contributed by atoms with Crippen molar-refractivity contribution in [1.82, 2.24) is 9.97 Å². The number of aliphatic hydroxyl groups excluding tert-OH is 1. The zero-order valence-corrected chi connectivity index (χ0v) is 13.0. The van der Waals surface area contributed by atoms with Crippen LogP contribution >= 0.6 is 0 Å². The maximum absolute atomic E-state index is 10.4. The number of anilines is 2. The van der Waals surface area contributed by atoms with E-state index in [1.807, 2.05) is 61.5 Å². The number of nitrogens with two attached hydrogens (primary N) is 1. The maximum atomic E-state index is 10.4. The lowest BCUT2D eigenvalue weighted by Crippen LogP contribution is -2.33. The number of aromatic nitrogens is 2. The Hall–Kier alpha value is -2.66. The third-order valence-electron chi connectivity index (χ3n) is 3.85. The van der Waals surface area contributed by atoms with Crippen molar-refractivity contribution < 1.29 is 5.11 Å². The van der Waals surface area contributed by atoms with Crippen LogP contribution < -0.4 is 11.1 Å². The monoisotopic (exact) mass is 308 g/mol. The summed E-state index contributed by atoms with van der Waals surface area (Å²) in [6.45, 7) is 1.91. The van der Waals surface area contributed by atoms with Gasteiger partial charge in [0.25, 0.3) is 0 Å². The molecule has 3 rings (SSSR count). The van der Waals surface area contributed by atoms with Crippen molar-refractivity contribution >= 4 is 22.7 Å². The van der Waals surface area contributed by atoms with E-state index in [4.69, 9.17) is 5.73 Å². The molecule has 0 aliphatic carbocycles. The highest BCUT2D eigenvalue weighted by atomic mass is 16.3. The van der Waals surface area contributed by atoms with Crippen molar-refractivity contribution in [2.24, 2.45) is 0 Å². The summed E-state index contributed by atoms with van der Waals surface area (Å²) >= 11 is 0. The molecule has 0 radical (unpaired) electrons. The van der Waals surface area contributed by atoms with Crippen molar-refractivity contribution in [1.29, 1.82) is 0 Å². The number of nitrogens with zero attached hydrogens (tertiary/aromatic N) is 2. The summed E-state index contributed by atoms with van der Waals surface area (Å²) in [6, 6.07) is 17.3. The molecule has 0 fully saturated rings. The van der Waals surface area contributed by atoms with Crippen molar-refractivity contribution in [3.8, 4) is 0 Å². The van der Waals surface area contributed by atoms with Gasteiger partial charge in [0.05, 0.1) is 17.7 Å². The topological polar surface area (TPSA) is 84.1 Å². The molecule has 5 nitrogen and oxygen atoms in total. The van der Waals surface area contributed by atoms with Crippen molar-refractivity contribution in [3.05, 3.63) is 60.2 Å². The lowest BCUT2D eigenvalue weighted by Gasteiger charge is -2.20. The van der Waals surface area contributed by atoms with Crippen LogP contribution in [0.15, 0.2) is 54.6 Å². The number of hydrogen-bond donors (Lipinski definition) is 3. The molecule has 0 saturated heterocycles. The molecule has 2 atom stereocenters. The number of hydrogen-bond acceptors (Lipinski definition) is 5. The Kier molecular flexibility index (Phi) is 4.39.